The summed E-state index contributed by atoms with van der Waals surface area (Å²) in [6.07, 6.45) is 8.19. The summed E-state index contributed by atoms with van der Waals surface area (Å²) in [4.78, 5) is 0. The van der Waals surface area contributed by atoms with Gasteiger partial charge in [0.05, 0.1) is 14.2 Å². The van der Waals surface area contributed by atoms with Crippen molar-refractivity contribution in [2.45, 2.75) is 44.6 Å². The van der Waals surface area contributed by atoms with E-state index in [0.29, 0.717) is 6.04 Å². The monoisotopic (exact) mass is 277 g/mol. The van der Waals surface area contributed by atoms with Crippen molar-refractivity contribution in [1.82, 2.24) is 5.32 Å². The summed E-state index contributed by atoms with van der Waals surface area (Å²) in [5.41, 5.74) is 1.28. The first kappa shape index (κ1) is 15.2. The Bertz CT molecular complexity index is 413. The Balaban J connectivity index is 2.02. The molecule has 0 radical (unpaired) electrons. The summed E-state index contributed by atoms with van der Waals surface area (Å²) in [5.74, 6) is 2.54. The first-order valence-electron chi connectivity index (χ1n) is 7.67. The molecular weight excluding hydrogens is 250 g/mol. The zero-order valence-corrected chi connectivity index (χ0v) is 12.9. The van der Waals surface area contributed by atoms with Crippen LogP contribution < -0.4 is 14.8 Å². The van der Waals surface area contributed by atoms with Gasteiger partial charge >= 0.3 is 0 Å². The summed E-state index contributed by atoms with van der Waals surface area (Å²) < 4.78 is 10.7. The Labute approximate surface area is 122 Å². The van der Waals surface area contributed by atoms with Crippen molar-refractivity contribution in [3.63, 3.8) is 0 Å². The van der Waals surface area contributed by atoms with E-state index in [1.807, 2.05) is 13.1 Å². The lowest BCUT2D eigenvalue weighted by Gasteiger charge is -2.20. The van der Waals surface area contributed by atoms with Gasteiger partial charge in [-0.05, 0) is 43.5 Å². The fourth-order valence-electron chi connectivity index (χ4n) is 3.25. The van der Waals surface area contributed by atoms with Crippen LogP contribution in [0, 0.1) is 5.92 Å². The van der Waals surface area contributed by atoms with E-state index in [1.54, 1.807) is 14.2 Å². The summed E-state index contributed by atoms with van der Waals surface area (Å²) in [7, 11) is 5.40. The number of methoxy groups -OCH3 is 2. The van der Waals surface area contributed by atoms with Crippen molar-refractivity contribution in [2.75, 3.05) is 21.3 Å². The fourth-order valence-corrected chi connectivity index (χ4v) is 3.25. The molecule has 1 fully saturated rings. The molecule has 20 heavy (non-hydrogen) atoms. The lowest BCUT2D eigenvalue weighted by Crippen LogP contribution is -2.17. The molecule has 3 heteroatoms. The van der Waals surface area contributed by atoms with Crippen LogP contribution in [-0.2, 0) is 0 Å². The first-order chi connectivity index (χ1) is 9.78. The largest absolute Gasteiger partial charge is 0.493 e. The van der Waals surface area contributed by atoms with Crippen LogP contribution in [0.25, 0.3) is 0 Å². The second-order valence-electron chi connectivity index (χ2n) is 5.68. The van der Waals surface area contributed by atoms with Crippen LogP contribution in [0.15, 0.2) is 18.2 Å². The Kier molecular flexibility index (Phi) is 5.72. The summed E-state index contributed by atoms with van der Waals surface area (Å²) >= 11 is 0. The van der Waals surface area contributed by atoms with E-state index in [2.05, 4.69) is 17.4 Å². The molecule has 1 aromatic carbocycles. The Morgan fingerprint density at radius 2 is 1.85 bits per heavy atom. The molecule has 1 aromatic rings. The van der Waals surface area contributed by atoms with Crippen LogP contribution in [-0.4, -0.2) is 21.3 Å². The van der Waals surface area contributed by atoms with E-state index in [4.69, 9.17) is 9.47 Å². The third kappa shape index (κ3) is 3.66. The predicted octanol–water partition coefficient (Wildman–Crippen LogP) is 3.93. The normalized spacial score (nSPS) is 17.1. The fraction of sp³-hybridized carbons (Fsp3) is 0.647. The molecule has 1 N–H and O–H groups in total. The third-order valence-electron chi connectivity index (χ3n) is 4.50. The van der Waals surface area contributed by atoms with E-state index < -0.39 is 0 Å². The number of nitrogens with one attached hydrogen (secondary N) is 1. The van der Waals surface area contributed by atoms with Gasteiger partial charge in [-0.2, -0.15) is 0 Å². The number of hydrogen-bond donors (Lipinski definition) is 1. The quantitative estimate of drug-likeness (QED) is 0.819. The molecule has 112 valence electrons. The van der Waals surface area contributed by atoms with Crippen LogP contribution in [0.2, 0.25) is 0 Å². The summed E-state index contributed by atoms with van der Waals surface area (Å²) in [6.45, 7) is 0. The molecule has 1 aliphatic carbocycles. The van der Waals surface area contributed by atoms with Gasteiger partial charge in [0, 0.05) is 6.04 Å². The summed E-state index contributed by atoms with van der Waals surface area (Å²) in [6, 6.07) is 6.62. The van der Waals surface area contributed by atoms with Crippen molar-refractivity contribution in [2.24, 2.45) is 5.92 Å². The van der Waals surface area contributed by atoms with Gasteiger partial charge in [0.15, 0.2) is 11.5 Å². The van der Waals surface area contributed by atoms with Gasteiger partial charge < -0.3 is 14.8 Å². The smallest absolute Gasteiger partial charge is 0.161 e. The third-order valence-corrected chi connectivity index (χ3v) is 4.50. The molecule has 1 unspecified atom stereocenters. The van der Waals surface area contributed by atoms with E-state index in [9.17, 15) is 0 Å². The molecule has 1 aliphatic rings. The molecule has 0 spiro atoms. The van der Waals surface area contributed by atoms with Gasteiger partial charge in [0.25, 0.3) is 0 Å². The van der Waals surface area contributed by atoms with Crippen molar-refractivity contribution in [3.05, 3.63) is 23.8 Å². The molecule has 0 bridgehead atoms. The minimum Gasteiger partial charge on any atom is -0.493 e. The van der Waals surface area contributed by atoms with Gasteiger partial charge in [0.1, 0.15) is 0 Å². The molecule has 0 aromatic heterocycles. The zero-order chi connectivity index (χ0) is 14.4. The maximum Gasteiger partial charge on any atom is 0.161 e. The second kappa shape index (κ2) is 7.53. The van der Waals surface area contributed by atoms with Gasteiger partial charge in [0.2, 0.25) is 0 Å². The van der Waals surface area contributed by atoms with Crippen molar-refractivity contribution >= 4 is 0 Å². The molecular formula is C17H27NO2. The zero-order valence-electron chi connectivity index (χ0n) is 12.9. The minimum atomic E-state index is 0.399. The van der Waals surface area contributed by atoms with Gasteiger partial charge in [-0.3, -0.25) is 0 Å². The van der Waals surface area contributed by atoms with Crippen LogP contribution in [0.1, 0.15) is 50.1 Å². The van der Waals surface area contributed by atoms with E-state index >= 15 is 0 Å². The SMILES string of the molecule is CNC(CCC1CCCC1)c1ccc(OC)c(OC)c1. The highest BCUT2D eigenvalue weighted by Crippen LogP contribution is 2.34. The number of hydrogen-bond acceptors (Lipinski definition) is 3. The molecule has 2 rings (SSSR count). The maximum absolute atomic E-state index is 5.40. The summed E-state index contributed by atoms with van der Waals surface area (Å²) in [5, 5.41) is 3.43. The molecule has 1 saturated carbocycles. The first-order valence-corrected chi connectivity index (χ1v) is 7.67. The molecule has 3 nitrogen and oxygen atoms in total. The highest BCUT2D eigenvalue weighted by molar-refractivity contribution is 5.43. The minimum absolute atomic E-state index is 0.399. The van der Waals surface area contributed by atoms with Crippen LogP contribution in [0.5, 0.6) is 11.5 Å². The number of ether oxygens (including phenoxy) is 2. The van der Waals surface area contributed by atoms with E-state index in [1.165, 1.54) is 44.1 Å². The van der Waals surface area contributed by atoms with Crippen LogP contribution in [0.4, 0.5) is 0 Å². The van der Waals surface area contributed by atoms with E-state index in [-0.39, 0.29) is 0 Å². The Hall–Kier alpha value is -1.22. The van der Waals surface area contributed by atoms with Crippen molar-refractivity contribution in [1.29, 1.82) is 0 Å². The van der Waals surface area contributed by atoms with Crippen molar-refractivity contribution in [3.8, 4) is 11.5 Å². The van der Waals surface area contributed by atoms with Crippen LogP contribution in [0.3, 0.4) is 0 Å². The lowest BCUT2D eigenvalue weighted by atomic mass is 9.94. The molecule has 1 atom stereocenters. The predicted molar refractivity (Wildman–Crippen MR) is 82.5 cm³/mol. The Morgan fingerprint density at radius 3 is 2.45 bits per heavy atom. The topological polar surface area (TPSA) is 30.5 Å². The molecule has 0 aliphatic heterocycles. The highest BCUT2D eigenvalue weighted by Gasteiger charge is 2.18. The maximum atomic E-state index is 5.40. The van der Waals surface area contributed by atoms with Crippen LogP contribution >= 0.6 is 0 Å². The standard InChI is InChI=1S/C17H27NO2/c1-18-15(10-8-13-6-4-5-7-13)14-9-11-16(19-2)17(12-14)20-3/h9,11-13,15,18H,4-8,10H2,1-3H3. The average Bonchev–Trinajstić information content (AvgIpc) is 3.01. The van der Waals surface area contributed by atoms with Crippen molar-refractivity contribution < 1.29 is 9.47 Å². The molecule has 0 amide bonds. The van der Waals surface area contributed by atoms with Gasteiger partial charge in [-0.1, -0.05) is 31.7 Å². The van der Waals surface area contributed by atoms with Gasteiger partial charge in [-0.15, -0.1) is 0 Å². The number of benzene rings is 1. The number of rotatable bonds is 7. The Morgan fingerprint density at radius 1 is 1.15 bits per heavy atom. The van der Waals surface area contributed by atoms with Gasteiger partial charge in [-0.25, -0.2) is 0 Å². The van der Waals surface area contributed by atoms with E-state index in [0.717, 1.165) is 17.4 Å². The lowest BCUT2D eigenvalue weighted by molar-refractivity contribution is 0.353. The highest BCUT2D eigenvalue weighted by atomic mass is 16.5. The molecule has 0 saturated heterocycles. The molecule has 0 heterocycles. The average molecular weight is 277 g/mol. The second-order valence-corrected chi connectivity index (χ2v) is 5.68.